The molecule has 9 heteroatoms. The zero-order valence-electron chi connectivity index (χ0n) is 29.4. The molecule has 0 aliphatic carbocycles. The quantitative estimate of drug-likeness (QED) is 0.123. The van der Waals surface area contributed by atoms with Crippen LogP contribution in [0.5, 0.6) is 0 Å². The predicted octanol–water partition coefficient (Wildman–Crippen LogP) is 6.08. The molecule has 2 N–H and O–H groups in total. The molecule has 0 saturated carbocycles. The van der Waals surface area contributed by atoms with Gasteiger partial charge < -0.3 is 15.4 Å². The van der Waals surface area contributed by atoms with Crippen LogP contribution >= 0.6 is 11.8 Å². The van der Waals surface area contributed by atoms with Crippen molar-refractivity contribution < 1.29 is 28.8 Å². The minimum Gasteiger partial charge on any atom is -0.346 e. The van der Waals surface area contributed by atoms with E-state index < -0.39 is 29.8 Å². The maximum atomic E-state index is 13.7. The highest BCUT2D eigenvalue weighted by Gasteiger charge is 2.36. The number of hydrogen-bond acceptors (Lipinski definition) is 7. The van der Waals surface area contributed by atoms with E-state index in [-0.39, 0.29) is 78.0 Å². The second-order valence-corrected chi connectivity index (χ2v) is 14.7. The molecule has 0 radical (unpaired) electrons. The minimum absolute atomic E-state index is 0.0638. The number of aldehydes is 1. The largest absolute Gasteiger partial charge is 0.346 e. The summed E-state index contributed by atoms with van der Waals surface area (Å²) in [6, 6.07) is -1.54. The predicted molar refractivity (Wildman–Crippen MR) is 180 cm³/mol. The number of hydrogen-bond donors (Lipinski definition) is 2. The van der Waals surface area contributed by atoms with Crippen molar-refractivity contribution in [1.29, 1.82) is 0 Å². The second kappa shape index (κ2) is 21.7. The van der Waals surface area contributed by atoms with Crippen LogP contribution in [0.3, 0.4) is 0 Å². The van der Waals surface area contributed by atoms with E-state index in [1.165, 1.54) is 0 Å². The average molecular weight is 639 g/mol. The summed E-state index contributed by atoms with van der Waals surface area (Å²) in [6.07, 6.45) is 5.23. The number of amides is 2. The fraction of sp³-hybridized carbons (Fsp3) is 0.829. The van der Waals surface area contributed by atoms with Gasteiger partial charge in [0.1, 0.15) is 12.1 Å². The van der Waals surface area contributed by atoms with E-state index in [1.54, 1.807) is 11.8 Å². The molecule has 0 saturated heterocycles. The molecule has 0 aliphatic rings. The first kappa shape index (κ1) is 42.0. The minimum atomic E-state index is -0.782. The Balaban J connectivity index is 6.01. The van der Waals surface area contributed by atoms with E-state index in [2.05, 4.69) is 10.6 Å². The van der Waals surface area contributed by atoms with Crippen LogP contribution < -0.4 is 10.6 Å². The molecule has 0 aromatic carbocycles. The Morgan fingerprint density at radius 3 is 1.64 bits per heavy atom. The standard InChI is InChI=1S/C35H62N2O6S/c1-12-24(9)31(29(39)19-27(18-21(3)4)33(41)23(7)8)37-35(43)28(22(5)6)20-30(40)32(25(10)13-2)36-34(42)26(14-16-38)15-17-44-11/h16,21-28,31-32H,12-15,17-20H2,1-11H3,(H,36,42)(H,37,43). The molecule has 44 heavy (non-hydrogen) atoms. The molecule has 254 valence electrons. The van der Waals surface area contributed by atoms with Crippen LogP contribution in [-0.4, -0.2) is 59.5 Å². The van der Waals surface area contributed by atoms with Crippen molar-refractivity contribution in [3.63, 3.8) is 0 Å². The summed E-state index contributed by atoms with van der Waals surface area (Å²) in [4.78, 5) is 78.4. The SMILES string of the molecule is CCC(C)C(NC(=O)C(CC=O)CCSC)C(=O)CC(C(=O)NC(C(=O)CC(CC(C)C)C(=O)C(C)C)C(C)CC)C(C)C. The van der Waals surface area contributed by atoms with E-state index in [0.717, 1.165) is 12.0 Å². The fourth-order valence-corrected chi connectivity index (χ4v) is 6.02. The van der Waals surface area contributed by atoms with Gasteiger partial charge in [-0.2, -0.15) is 11.8 Å². The Labute approximate surface area is 271 Å². The van der Waals surface area contributed by atoms with Crippen molar-refractivity contribution in [2.24, 2.45) is 47.3 Å². The number of carbonyl (C=O) groups is 6. The molecular formula is C35H62N2O6S. The third-order valence-corrected chi connectivity index (χ3v) is 9.52. The highest BCUT2D eigenvalue weighted by molar-refractivity contribution is 7.98. The lowest BCUT2D eigenvalue weighted by Crippen LogP contribution is -2.51. The number of rotatable bonds is 24. The highest BCUT2D eigenvalue weighted by Crippen LogP contribution is 2.25. The number of carbonyl (C=O) groups excluding carboxylic acids is 6. The van der Waals surface area contributed by atoms with Crippen molar-refractivity contribution in [2.75, 3.05) is 12.0 Å². The van der Waals surface area contributed by atoms with Crippen LogP contribution in [-0.2, 0) is 28.8 Å². The molecule has 7 unspecified atom stereocenters. The maximum Gasteiger partial charge on any atom is 0.224 e. The van der Waals surface area contributed by atoms with Crippen molar-refractivity contribution in [2.45, 2.75) is 126 Å². The summed E-state index contributed by atoms with van der Waals surface area (Å²) in [7, 11) is 0. The second-order valence-electron chi connectivity index (χ2n) is 13.7. The van der Waals surface area contributed by atoms with Gasteiger partial charge in [-0.05, 0) is 48.5 Å². The topological polar surface area (TPSA) is 126 Å². The van der Waals surface area contributed by atoms with Gasteiger partial charge in [0.15, 0.2) is 11.6 Å². The average Bonchev–Trinajstić information content (AvgIpc) is 2.96. The first-order valence-electron chi connectivity index (χ1n) is 16.7. The molecule has 0 fully saturated rings. The van der Waals surface area contributed by atoms with E-state index in [9.17, 15) is 28.8 Å². The molecule has 0 aromatic rings. The van der Waals surface area contributed by atoms with Crippen molar-refractivity contribution in [3.05, 3.63) is 0 Å². The fourth-order valence-electron chi connectivity index (χ4n) is 5.50. The molecule has 0 aliphatic heterocycles. The summed E-state index contributed by atoms with van der Waals surface area (Å²) in [5.74, 6) is -2.31. The summed E-state index contributed by atoms with van der Waals surface area (Å²) in [6.45, 7) is 19.2. The van der Waals surface area contributed by atoms with Gasteiger partial charge in [-0.25, -0.2) is 0 Å². The summed E-state index contributed by atoms with van der Waals surface area (Å²) < 4.78 is 0. The van der Waals surface area contributed by atoms with Gasteiger partial charge in [0, 0.05) is 42.9 Å². The number of ketones is 3. The molecule has 0 aromatic heterocycles. The first-order valence-corrected chi connectivity index (χ1v) is 18.1. The summed E-state index contributed by atoms with van der Waals surface area (Å²) in [5.41, 5.74) is 0. The maximum absolute atomic E-state index is 13.7. The molecule has 8 nitrogen and oxygen atoms in total. The molecule has 2 amide bonds. The van der Waals surface area contributed by atoms with Crippen LogP contribution in [0, 0.1) is 47.3 Å². The van der Waals surface area contributed by atoms with Gasteiger partial charge in [-0.1, -0.05) is 82.1 Å². The van der Waals surface area contributed by atoms with Crippen molar-refractivity contribution in [3.8, 4) is 0 Å². The van der Waals surface area contributed by atoms with Crippen LogP contribution in [0.1, 0.15) is 114 Å². The summed E-state index contributed by atoms with van der Waals surface area (Å²) in [5, 5.41) is 5.89. The molecule has 0 bridgehead atoms. The van der Waals surface area contributed by atoms with Crippen molar-refractivity contribution in [1.82, 2.24) is 10.6 Å². The van der Waals surface area contributed by atoms with Gasteiger partial charge in [-0.15, -0.1) is 0 Å². The Bertz CT molecular complexity index is 934. The van der Waals surface area contributed by atoms with Crippen molar-refractivity contribution >= 4 is 47.2 Å². The van der Waals surface area contributed by atoms with E-state index >= 15 is 0 Å². The van der Waals surface area contributed by atoms with Crippen LogP contribution in [0.15, 0.2) is 0 Å². The highest BCUT2D eigenvalue weighted by atomic mass is 32.2. The monoisotopic (exact) mass is 638 g/mol. The third-order valence-electron chi connectivity index (χ3n) is 8.87. The van der Waals surface area contributed by atoms with E-state index in [0.29, 0.717) is 25.7 Å². The number of Topliss-reactive ketones (excluding diaryl/α,β-unsaturated/α-hetero) is 3. The smallest absolute Gasteiger partial charge is 0.224 e. The Kier molecular flexibility index (Phi) is 20.7. The molecule has 0 heterocycles. The van der Waals surface area contributed by atoms with Crippen LogP contribution in [0.2, 0.25) is 0 Å². The van der Waals surface area contributed by atoms with E-state index in [1.807, 2.05) is 75.5 Å². The molecular weight excluding hydrogens is 576 g/mol. The molecule has 0 rings (SSSR count). The van der Waals surface area contributed by atoms with Gasteiger partial charge in [0.25, 0.3) is 0 Å². The normalized spacial score (nSPS) is 16.5. The number of nitrogens with one attached hydrogen (secondary N) is 2. The first-order chi connectivity index (χ1) is 20.5. The molecule has 0 spiro atoms. The van der Waals surface area contributed by atoms with Gasteiger partial charge in [-0.3, -0.25) is 24.0 Å². The lowest BCUT2D eigenvalue weighted by Gasteiger charge is -2.30. The Morgan fingerprint density at radius 1 is 0.727 bits per heavy atom. The van der Waals surface area contributed by atoms with Gasteiger partial charge in [0.2, 0.25) is 11.8 Å². The summed E-state index contributed by atoms with van der Waals surface area (Å²) >= 11 is 1.59. The third kappa shape index (κ3) is 14.4. The van der Waals surface area contributed by atoms with Crippen LogP contribution in [0.25, 0.3) is 0 Å². The van der Waals surface area contributed by atoms with Gasteiger partial charge >= 0.3 is 0 Å². The lowest BCUT2D eigenvalue weighted by atomic mass is 9.81. The lowest BCUT2D eigenvalue weighted by molar-refractivity contribution is -0.137. The van der Waals surface area contributed by atoms with Gasteiger partial charge in [0.05, 0.1) is 12.1 Å². The number of thioether (sulfide) groups is 1. The zero-order chi connectivity index (χ0) is 34.1. The van der Waals surface area contributed by atoms with E-state index in [4.69, 9.17) is 0 Å². The molecule has 7 atom stereocenters. The zero-order valence-corrected chi connectivity index (χ0v) is 30.2. The Morgan fingerprint density at radius 2 is 1.23 bits per heavy atom. The Hall–Kier alpha value is -2.03. The van der Waals surface area contributed by atoms with Crippen LogP contribution in [0.4, 0.5) is 0 Å².